The van der Waals surface area contributed by atoms with Gasteiger partial charge in [-0.2, -0.15) is 17.9 Å². The molecule has 1 aromatic carbocycles. The van der Waals surface area contributed by atoms with Crippen molar-refractivity contribution in [3.63, 3.8) is 0 Å². The monoisotopic (exact) mass is 633 g/mol. The quantitative estimate of drug-likeness (QED) is 0.511. The molecule has 0 radical (unpaired) electrons. The van der Waals surface area contributed by atoms with E-state index in [1.807, 2.05) is 4.90 Å². The van der Waals surface area contributed by atoms with Crippen LogP contribution in [0.15, 0.2) is 30.5 Å². The summed E-state index contributed by atoms with van der Waals surface area (Å²) in [5.41, 5.74) is 0.428. The van der Waals surface area contributed by atoms with E-state index < -0.39 is 37.8 Å². The van der Waals surface area contributed by atoms with Crippen LogP contribution >= 0.6 is 0 Å². The average molecular weight is 634 g/mol. The summed E-state index contributed by atoms with van der Waals surface area (Å²) >= 11 is 0. The number of hydrogen-bond acceptors (Lipinski definition) is 8. The number of nitrogens with zero attached hydrogens (tertiary/aromatic N) is 6. The highest BCUT2D eigenvalue weighted by molar-refractivity contribution is 7.92. The topological polar surface area (TPSA) is 128 Å². The number of carbonyl (C=O) groups excluding carboxylic acids is 1. The zero-order valence-electron chi connectivity index (χ0n) is 23.3. The van der Waals surface area contributed by atoms with Gasteiger partial charge in [0.2, 0.25) is 20.0 Å². The van der Waals surface area contributed by atoms with Gasteiger partial charge >= 0.3 is 12.2 Å². The van der Waals surface area contributed by atoms with E-state index in [4.69, 9.17) is 0 Å². The smallest absolute Gasteiger partial charge is 0.367 e. The van der Waals surface area contributed by atoms with Crippen LogP contribution in [0.2, 0.25) is 0 Å². The maximum atomic E-state index is 13.7. The van der Waals surface area contributed by atoms with E-state index in [0.29, 0.717) is 63.5 Å². The molecule has 1 N–H and O–H groups in total. The van der Waals surface area contributed by atoms with Crippen molar-refractivity contribution in [1.82, 2.24) is 23.9 Å². The molecule has 3 saturated heterocycles. The van der Waals surface area contributed by atoms with Crippen LogP contribution in [0, 0.1) is 5.92 Å². The summed E-state index contributed by atoms with van der Waals surface area (Å²) in [6.45, 7) is 3.22. The third-order valence-electron chi connectivity index (χ3n) is 8.01. The van der Waals surface area contributed by atoms with Gasteiger partial charge in [0.1, 0.15) is 0 Å². The van der Waals surface area contributed by atoms with Gasteiger partial charge in [-0.3, -0.25) is 9.62 Å². The molecule has 12 nitrogen and oxygen atoms in total. The average Bonchev–Trinajstić information content (AvgIpc) is 3.43. The predicted octanol–water partition coefficient (Wildman–Crippen LogP) is 1.92. The number of sulfonamides is 2. The normalized spacial score (nSPS) is 22.8. The number of aromatic nitrogens is 2. The molecule has 1 aromatic heterocycles. The second-order valence-electron chi connectivity index (χ2n) is 11.2. The summed E-state index contributed by atoms with van der Waals surface area (Å²) in [4.78, 5) is 18.5. The second-order valence-corrected chi connectivity index (χ2v) is 15.0. The van der Waals surface area contributed by atoms with E-state index in [1.165, 1.54) is 28.7 Å². The molecule has 2 bridgehead atoms. The number of hydrogen-bond donors (Lipinski definition) is 1. The highest BCUT2D eigenvalue weighted by Crippen LogP contribution is 2.39. The molecule has 3 aliphatic rings. The van der Waals surface area contributed by atoms with Crippen LogP contribution in [0.25, 0.3) is 0 Å². The summed E-state index contributed by atoms with van der Waals surface area (Å²) in [6.07, 6.45) is 0.373. The van der Waals surface area contributed by atoms with Crippen molar-refractivity contribution in [2.45, 2.75) is 31.6 Å². The zero-order chi connectivity index (χ0) is 30.4. The molecule has 5 rings (SSSR count). The van der Waals surface area contributed by atoms with Gasteiger partial charge in [0.15, 0.2) is 5.82 Å². The Hall–Kier alpha value is -2.89. The van der Waals surface area contributed by atoms with E-state index in [2.05, 4.69) is 14.7 Å². The predicted molar refractivity (Wildman–Crippen MR) is 150 cm³/mol. The fraction of sp³-hybridized carbons (Fsp3) is 0.600. The van der Waals surface area contributed by atoms with Crippen molar-refractivity contribution < 1.29 is 34.8 Å². The molecule has 4 heterocycles. The summed E-state index contributed by atoms with van der Waals surface area (Å²) < 4.78 is 93.3. The minimum absolute atomic E-state index is 0.0288. The lowest BCUT2D eigenvalue weighted by atomic mass is 10.0. The third-order valence-corrected chi connectivity index (χ3v) is 9.85. The molecule has 0 spiro atoms. The first-order valence-corrected chi connectivity index (χ1v) is 17.3. The molecule has 232 valence electrons. The lowest BCUT2D eigenvalue weighted by Crippen LogP contribution is -2.49. The zero-order valence-corrected chi connectivity index (χ0v) is 24.9. The summed E-state index contributed by atoms with van der Waals surface area (Å²) in [7, 11) is -6.97. The molecule has 1 amide bonds. The van der Waals surface area contributed by atoms with Crippen molar-refractivity contribution in [2.24, 2.45) is 5.92 Å². The number of amides is 1. The first-order chi connectivity index (χ1) is 19.6. The van der Waals surface area contributed by atoms with Crippen LogP contribution in [-0.4, -0.2) is 111 Å². The van der Waals surface area contributed by atoms with Gasteiger partial charge in [-0.1, -0.05) is 6.07 Å². The number of anilines is 2. The Morgan fingerprint density at radius 3 is 2.38 bits per heavy atom. The van der Waals surface area contributed by atoms with Crippen molar-refractivity contribution in [3.05, 3.63) is 41.6 Å². The van der Waals surface area contributed by atoms with E-state index >= 15 is 0 Å². The molecule has 3 aliphatic heterocycles. The fourth-order valence-corrected chi connectivity index (χ4v) is 7.31. The van der Waals surface area contributed by atoms with Crippen LogP contribution in [-0.2, 0) is 32.8 Å². The van der Waals surface area contributed by atoms with Gasteiger partial charge in [-0.15, -0.1) is 5.10 Å². The molecule has 2 unspecified atom stereocenters. The number of rotatable bonds is 6. The molecular formula is C25H34F3N7O5S2. The van der Waals surface area contributed by atoms with Crippen LogP contribution in [0.5, 0.6) is 0 Å². The van der Waals surface area contributed by atoms with Crippen LogP contribution in [0.1, 0.15) is 24.0 Å². The summed E-state index contributed by atoms with van der Waals surface area (Å²) in [6, 6.07) is 4.50. The van der Waals surface area contributed by atoms with Gasteiger partial charge in [0, 0.05) is 76.4 Å². The molecule has 0 aliphatic carbocycles. The lowest BCUT2D eigenvalue weighted by molar-refractivity contribution is -0.137. The molecule has 2 atom stereocenters. The van der Waals surface area contributed by atoms with Crippen molar-refractivity contribution in [2.75, 3.05) is 67.9 Å². The SMILES string of the molecule is CS(=O)(=O)Nc1ccn(C(=O)N2CCN(Cc3ccc(C(F)(F)F)cc3N3CC4CCN(S(C)(=O)=O)CC3C4)CC2)n1. The number of carbonyl (C=O) groups is 1. The highest BCUT2D eigenvalue weighted by atomic mass is 32.2. The Bertz CT molecular complexity index is 1540. The highest BCUT2D eigenvalue weighted by Gasteiger charge is 2.40. The van der Waals surface area contributed by atoms with E-state index in [1.54, 1.807) is 4.90 Å². The Labute approximate surface area is 243 Å². The molecule has 3 fully saturated rings. The van der Waals surface area contributed by atoms with Crippen LogP contribution in [0.3, 0.4) is 0 Å². The minimum atomic E-state index is -4.52. The van der Waals surface area contributed by atoms with E-state index in [0.717, 1.165) is 29.7 Å². The minimum Gasteiger partial charge on any atom is -0.367 e. The van der Waals surface area contributed by atoms with Crippen molar-refractivity contribution in [1.29, 1.82) is 0 Å². The Balaban J connectivity index is 1.30. The molecule has 0 saturated carbocycles. The molecule has 42 heavy (non-hydrogen) atoms. The Kier molecular flexibility index (Phi) is 8.23. The first kappa shape index (κ1) is 30.6. The molecule has 17 heteroatoms. The van der Waals surface area contributed by atoms with Gasteiger partial charge in [-0.05, 0) is 36.5 Å². The number of benzene rings is 1. The fourth-order valence-electron chi connectivity index (χ4n) is 5.94. The number of fused-ring (bicyclic) bond motifs is 2. The first-order valence-electron chi connectivity index (χ1n) is 13.5. The standard InChI is InChI=1S/C25H34F3N7O5S2/c1-41(37,38)30-23-6-8-35(29-23)24(36)32-11-9-31(10-12-32)16-19-3-4-20(25(26,27)28)14-22(19)34-15-18-5-7-33(42(2,39)40)17-21(34)13-18/h3-4,6,8,14,18,21H,5,7,9-13,15-17H2,1-2H3,(H,29,30). The second kappa shape index (κ2) is 11.3. The largest absolute Gasteiger partial charge is 0.416 e. The lowest BCUT2D eigenvalue weighted by Gasteiger charge is -2.37. The Morgan fingerprint density at radius 2 is 1.74 bits per heavy atom. The summed E-state index contributed by atoms with van der Waals surface area (Å²) in [5, 5.41) is 3.98. The van der Waals surface area contributed by atoms with Crippen LogP contribution < -0.4 is 9.62 Å². The van der Waals surface area contributed by atoms with Gasteiger partial charge in [-0.25, -0.2) is 25.9 Å². The number of piperazine rings is 1. The van der Waals surface area contributed by atoms with Crippen molar-refractivity contribution >= 4 is 37.6 Å². The van der Waals surface area contributed by atoms with Gasteiger partial charge in [0.05, 0.1) is 18.1 Å². The number of nitrogens with one attached hydrogen (secondary N) is 1. The van der Waals surface area contributed by atoms with Crippen LogP contribution in [0.4, 0.5) is 29.5 Å². The number of alkyl halides is 3. The van der Waals surface area contributed by atoms with Gasteiger partial charge < -0.3 is 9.80 Å². The van der Waals surface area contributed by atoms with Crippen molar-refractivity contribution in [3.8, 4) is 0 Å². The maximum absolute atomic E-state index is 13.7. The Morgan fingerprint density at radius 1 is 1.02 bits per heavy atom. The maximum Gasteiger partial charge on any atom is 0.416 e. The van der Waals surface area contributed by atoms with E-state index in [9.17, 15) is 34.8 Å². The summed E-state index contributed by atoms with van der Waals surface area (Å²) in [5.74, 6) is 0.218. The third kappa shape index (κ3) is 7.01. The molecular weight excluding hydrogens is 599 g/mol. The number of halogens is 3. The molecule has 2 aromatic rings. The van der Waals surface area contributed by atoms with E-state index in [-0.39, 0.29) is 24.3 Å². The van der Waals surface area contributed by atoms with Gasteiger partial charge in [0.25, 0.3) is 0 Å².